The van der Waals surface area contributed by atoms with Gasteiger partial charge in [-0.1, -0.05) is 31.7 Å². The highest BCUT2D eigenvalue weighted by atomic mass is 32.2. The number of amides is 1. The molecule has 1 aromatic heterocycles. The molecule has 1 unspecified atom stereocenters. The lowest BCUT2D eigenvalue weighted by Gasteiger charge is -2.13. The molecule has 0 spiro atoms. The summed E-state index contributed by atoms with van der Waals surface area (Å²) >= 11 is 1.53. The van der Waals surface area contributed by atoms with Crippen LogP contribution in [0.4, 0.5) is 0 Å². The van der Waals surface area contributed by atoms with Crippen LogP contribution in [0.25, 0.3) is 0 Å². The molecule has 0 saturated heterocycles. The lowest BCUT2D eigenvalue weighted by atomic mass is 10.1. The number of aryl methyl sites for hydroxylation is 1. The highest BCUT2D eigenvalue weighted by Crippen LogP contribution is 2.18. The fourth-order valence-corrected chi connectivity index (χ4v) is 3.14. The number of hydrogen-bond acceptors (Lipinski definition) is 4. The van der Waals surface area contributed by atoms with Crippen molar-refractivity contribution in [1.82, 2.24) is 10.3 Å². The van der Waals surface area contributed by atoms with Crippen molar-refractivity contribution in [2.24, 2.45) is 0 Å². The molecule has 0 aliphatic heterocycles. The Labute approximate surface area is 160 Å². The van der Waals surface area contributed by atoms with E-state index in [-0.39, 0.29) is 11.2 Å². The second kappa shape index (κ2) is 10.7. The van der Waals surface area contributed by atoms with Crippen LogP contribution in [-0.2, 0) is 24.1 Å². The predicted molar refractivity (Wildman–Crippen MR) is 109 cm³/mol. The average Bonchev–Trinajstić information content (AvgIpc) is 2.68. The van der Waals surface area contributed by atoms with E-state index in [2.05, 4.69) is 35.9 Å². The van der Waals surface area contributed by atoms with Gasteiger partial charge in [0.25, 0.3) is 0 Å². The van der Waals surface area contributed by atoms with Crippen molar-refractivity contribution in [3.05, 3.63) is 72.2 Å². The van der Waals surface area contributed by atoms with Gasteiger partial charge in [-0.3, -0.25) is 9.78 Å². The maximum atomic E-state index is 11.9. The third-order valence-corrected chi connectivity index (χ3v) is 5.04. The van der Waals surface area contributed by atoms with Crippen LogP contribution in [0.3, 0.4) is 0 Å². The second-order valence-corrected chi connectivity index (χ2v) is 6.94. The van der Waals surface area contributed by atoms with E-state index in [4.69, 9.17) is 4.74 Å². The minimum Gasteiger partial charge on any atom is -0.493 e. The lowest BCUT2D eigenvalue weighted by Crippen LogP contribution is -2.30. The molecule has 2 aromatic rings. The summed E-state index contributed by atoms with van der Waals surface area (Å²) in [4.78, 5) is 16.4. The Morgan fingerprint density at radius 1 is 1.27 bits per heavy atom. The normalized spacial score (nSPS) is 11.6. The molecule has 0 aliphatic carbocycles. The number of hydrogen-bond donors (Lipinski definition) is 1. The van der Waals surface area contributed by atoms with Crippen molar-refractivity contribution in [2.45, 2.75) is 31.4 Å². The van der Waals surface area contributed by atoms with Gasteiger partial charge in [0.2, 0.25) is 5.91 Å². The third-order valence-electron chi connectivity index (χ3n) is 4.09. The minimum atomic E-state index is -0.128. The first-order valence-electron chi connectivity index (χ1n) is 8.76. The van der Waals surface area contributed by atoms with Crippen molar-refractivity contribution in [3.63, 3.8) is 0 Å². The molecular weight excluding hydrogens is 344 g/mol. The zero-order chi connectivity index (χ0) is 18.8. The van der Waals surface area contributed by atoms with Crippen LogP contribution in [0.15, 0.2) is 55.4 Å². The number of ether oxygens (including phenoxy) is 1. The molecule has 0 saturated carbocycles. The molecule has 0 fully saturated rings. The summed E-state index contributed by atoms with van der Waals surface area (Å²) in [5, 5.41) is 2.52. The molecule has 1 heterocycles. The second-order valence-electron chi connectivity index (χ2n) is 5.89. The highest BCUT2D eigenvalue weighted by Gasteiger charge is 2.16. The van der Waals surface area contributed by atoms with Crippen molar-refractivity contribution in [3.8, 4) is 5.75 Å². The van der Waals surface area contributed by atoms with Gasteiger partial charge in [-0.2, -0.15) is 11.8 Å². The highest BCUT2D eigenvalue weighted by molar-refractivity contribution is 7.99. The molecule has 0 radical (unpaired) electrons. The summed E-state index contributed by atoms with van der Waals surface area (Å²) < 4.78 is 5.80. The maximum Gasteiger partial charge on any atom is 0.237 e. The van der Waals surface area contributed by atoms with E-state index in [9.17, 15) is 4.79 Å². The molecule has 4 nitrogen and oxygen atoms in total. The standard InChI is InChI=1S/C21H26N2O2S/c1-4-16-6-9-18(23-15-16)12-13-25-19-10-7-17(8-11-19)14-20(26-3)21(24)22-5-2/h5-11,15,20H,2,4,12-14H2,1,3H3,(H,22,24). The summed E-state index contributed by atoms with van der Waals surface area (Å²) in [5.41, 5.74) is 3.39. The number of carbonyl (C=O) groups is 1. The summed E-state index contributed by atoms with van der Waals surface area (Å²) in [7, 11) is 0. The van der Waals surface area contributed by atoms with Gasteiger partial charge in [-0.25, -0.2) is 0 Å². The van der Waals surface area contributed by atoms with E-state index in [1.807, 2.05) is 36.7 Å². The van der Waals surface area contributed by atoms with E-state index >= 15 is 0 Å². The number of nitrogens with one attached hydrogen (secondary N) is 1. The Kier molecular flexibility index (Phi) is 8.22. The van der Waals surface area contributed by atoms with Crippen molar-refractivity contribution >= 4 is 17.7 Å². The quantitative estimate of drug-likeness (QED) is 0.691. The van der Waals surface area contributed by atoms with E-state index < -0.39 is 0 Å². The lowest BCUT2D eigenvalue weighted by molar-refractivity contribution is -0.119. The first kappa shape index (κ1) is 20.0. The summed E-state index contributed by atoms with van der Waals surface area (Å²) in [5.74, 6) is 0.810. The molecule has 0 bridgehead atoms. The van der Waals surface area contributed by atoms with Crippen molar-refractivity contribution in [1.29, 1.82) is 0 Å². The number of nitrogens with zero attached hydrogens (tertiary/aromatic N) is 1. The van der Waals surface area contributed by atoms with E-state index in [0.29, 0.717) is 13.0 Å². The fourth-order valence-electron chi connectivity index (χ4n) is 2.50. The monoisotopic (exact) mass is 370 g/mol. The molecule has 1 N–H and O–H groups in total. The number of carbonyl (C=O) groups excluding carboxylic acids is 1. The molecular formula is C21H26N2O2S. The number of aromatic nitrogens is 1. The summed E-state index contributed by atoms with van der Waals surface area (Å²) in [6, 6.07) is 12.1. The molecule has 1 aromatic carbocycles. The van der Waals surface area contributed by atoms with Crippen LogP contribution in [0.2, 0.25) is 0 Å². The number of thioether (sulfide) groups is 1. The van der Waals surface area contributed by atoms with Gasteiger partial charge in [0.05, 0.1) is 11.9 Å². The molecule has 26 heavy (non-hydrogen) atoms. The van der Waals surface area contributed by atoms with Crippen LogP contribution in [0.5, 0.6) is 5.75 Å². The largest absolute Gasteiger partial charge is 0.493 e. The summed E-state index contributed by atoms with van der Waals surface area (Å²) in [6.45, 7) is 6.24. The van der Waals surface area contributed by atoms with E-state index in [0.717, 1.165) is 29.8 Å². The predicted octanol–water partition coefficient (Wildman–Crippen LogP) is 3.80. The number of pyridine rings is 1. The van der Waals surface area contributed by atoms with Gasteiger partial charge >= 0.3 is 0 Å². The molecule has 5 heteroatoms. The van der Waals surface area contributed by atoms with Crippen LogP contribution < -0.4 is 10.1 Å². The van der Waals surface area contributed by atoms with Gasteiger partial charge in [0, 0.05) is 18.3 Å². The van der Waals surface area contributed by atoms with Crippen LogP contribution in [0.1, 0.15) is 23.7 Å². The Bertz CT molecular complexity index is 699. The third kappa shape index (κ3) is 6.23. The van der Waals surface area contributed by atoms with Gasteiger partial charge in [-0.15, -0.1) is 0 Å². The van der Waals surface area contributed by atoms with Crippen LogP contribution >= 0.6 is 11.8 Å². The van der Waals surface area contributed by atoms with Gasteiger partial charge in [0.15, 0.2) is 0 Å². The molecule has 1 atom stereocenters. The molecule has 2 rings (SSSR count). The average molecular weight is 371 g/mol. The topological polar surface area (TPSA) is 51.2 Å². The van der Waals surface area contributed by atoms with Gasteiger partial charge in [-0.05, 0) is 54.6 Å². The Balaban J connectivity index is 1.82. The Hall–Kier alpha value is -2.27. The number of benzene rings is 1. The zero-order valence-corrected chi connectivity index (χ0v) is 16.2. The minimum absolute atomic E-state index is 0.0191. The summed E-state index contributed by atoms with van der Waals surface area (Å²) in [6.07, 6.45) is 7.74. The van der Waals surface area contributed by atoms with Crippen molar-refractivity contribution in [2.75, 3.05) is 12.9 Å². The SMILES string of the molecule is C=CNC(=O)C(Cc1ccc(OCCc2ccc(CC)cn2)cc1)SC. The molecule has 138 valence electrons. The van der Waals surface area contributed by atoms with E-state index in [1.165, 1.54) is 23.5 Å². The maximum absolute atomic E-state index is 11.9. The van der Waals surface area contributed by atoms with Crippen LogP contribution in [-0.4, -0.2) is 29.0 Å². The van der Waals surface area contributed by atoms with E-state index in [1.54, 1.807) is 0 Å². The molecule has 1 amide bonds. The molecule has 0 aliphatic rings. The number of rotatable bonds is 10. The Morgan fingerprint density at radius 3 is 2.58 bits per heavy atom. The Morgan fingerprint density at radius 2 is 2.00 bits per heavy atom. The first-order valence-corrected chi connectivity index (χ1v) is 10.0. The van der Waals surface area contributed by atoms with Gasteiger partial charge < -0.3 is 10.1 Å². The van der Waals surface area contributed by atoms with Crippen LogP contribution in [0, 0.1) is 0 Å². The van der Waals surface area contributed by atoms with Gasteiger partial charge in [0.1, 0.15) is 5.75 Å². The first-order chi connectivity index (χ1) is 12.7. The van der Waals surface area contributed by atoms with Crippen molar-refractivity contribution < 1.29 is 9.53 Å². The smallest absolute Gasteiger partial charge is 0.237 e. The fraction of sp³-hybridized carbons (Fsp3) is 0.333. The zero-order valence-electron chi connectivity index (χ0n) is 15.4.